The molecule has 0 radical (unpaired) electrons. The maximum atomic E-state index is 13.8. The van der Waals surface area contributed by atoms with Crippen LogP contribution in [0.4, 0.5) is 18.9 Å². The Morgan fingerprint density at radius 2 is 1.74 bits per heavy atom. The highest BCUT2D eigenvalue weighted by molar-refractivity contribution is 6.83. The Labute approximate surface area is 201 Å². The van der Waals surface area contributed by atoms with Crippen LogP contribution in [0.5, 0.6) is 0 Å². The van der Waals surface area contributed by atoms with Crippen LogP contribution < -0.4 is 5.32 Å². The van der Waals surface area contributed by atoms with Crippen LogP contribution in [-0.2, 0) is 12.7 Å². The molecule has 0 bridgehead atoms. The minimum atomic E-state index is -4.51. The zero-order chi connectivity index (χ0) is 25.1. The molecule has 0 saturated carbocycles. The van der Waals surface area contributed by atoms with Gasteiger partial charge in [0.2, 0.25) is 0 Å². The molecule has 1 amide bonds. The lowest BCUT2D eigenvalue weighted by atomic mass is 10.0. The van der Waals surface area contributed by atoms with E-state index in [4.69, 9.17) is 0 Å². The van der Waals surface area contributed by atoms with Crippen LogP contribution >= 0.6 is 0 Å². The van der Waals surface area contributed by atoms with Crippen LogP contribution in [0.15, 0.2) is 36.4 Å². The number of likely N-dealkylation sites (N-methyl/N-ethyl adjacent to an activating group) is 1. The lowest BCUT2D eigenvalue weighted by molar-refractivity contribution is -0.138. The number of anilines is 1. The van der Waals surface area contributed by atoms with Gasteiger partial charge in [0, 0.05) is 49.5 Å². The second-order valence-electron chi connectivity index (χ2n) is 9.93. The fourth-order valence-electron chi connectivity index (χ4n) is 3.66. The van der Waals surface area contributed by atoms with Gasteiger partial charge in [0.25, 0.3) is 5.91 Å². The number of nitrogens with one attached hydrogen (secondary N) is 1. The topological polar surface area (TPSA) is 35.6 Å². The average Bonchev–Trinajstić information content (AvgIpc) is 2.74. The summed E-state index contributed by atoms with van der Waals surface area (Å²) in [5.41, 5.74) is 4.98. The molecule has 1 aliphatic rings. The number of aryl methyl sites for hydroxylation is 1. The van der Waals surface area contributed by atoms with E-state index in [-0.39, 0.29) is 17.8 Å². The Kier molecular flexibility index (Phi) is 7.91. The Bertz CT molecular complexity index is 1100. The van der Waals surface area contributed by atoms with Crippen molar-refractivity contribution >= 4 is 19.7 Å². The summed E-state index contributed by atoms with van der Waals surface area (Å²) < 4.78 is 41.5. The first-order valence-corrected chi connectivity index (χ1v) is 14.9. The summed E-state index contributed by atoms with van der Waals surface area (Å²) in [6.07, 6.45) is -4.51. The summed E-state index contributed by atoms with van der Waals surface area (Å²) in [6, 6.07) is 9.21. The molecule has 0 atom stereocenters. The summed E-state index contributed by atoms with van der Waals surface area (Å²) in [5, 5.41) is 2.63. The van der Waals surface area contributed by atoms with Crippen molar-refractivity contribution in [1.82, 2.24) is 9.80 Å². The monoisotopic (exact) mass is 487 g/mol. The van der Waals surface area contributed by atoms with Crippen molar-refractivity contribution in [2.45, 2.75) is 39.3 Å². The fourth-order valence-corrected chi connectivity index (χ4v) is 4.17. The van der Waals surface area contributed by atoms with Crippen molar-refractivity contribution in [3.05, 3.63) is 64.2 Å². The third-order valence-electron chi connectivity index (χ3n) is 5.73. The van der Waals surface area contributed by atoms with Gasteiger partial charge < -0.3 is 10.2 Å². The van der Waals surface area contributed by atoms with Gasteiger partial charge >= 0.3 is 6.18 Å². The molecule has 3 rings (SSSR count). The van der Waals surface area contributed by atoms with Crippen LogP contribution in [0.25, 0.3) is 0 Å². The predicted octanol–water partition coefficient (Wildman–Crippen LogP) is 5.24. The van der Waals surface area contributed by atoms with Crippen LogP contribution in [-0.4, -0.2) is 57.0 Å². The van der Waals surface area contributed by atoms with Gasteiger partial charge in [-0.15, -0.1) is 5.54 Å². The molecule has 0 unspecified atom stereocenters. The molecule has 1 N–H and O–H groups in total. The van der Waals surface area contributed by atoms with Crippen LogP contribution in [0.1, 0.15) is 32.6 Å². The number of alkyl halides is 3. The van der Waals surface area contributed by atoms with Gasteiger partial charge in [-0.1, -0.05) is 37.7 Å². The van der Waals surface area contributed by atoms with Crippen LogP contribution in [0, 0.1) is 18.4 Å². The second-order valence-corrected chi connectivity index (χ2v) is 14.7. The Hall–Kier alpha value is -2.60. The van der Waals surface area contributed by atoms with E-state index in [1.54, 1.807) is 18.2 Å². The summed E-state index contributed by atoms with van der Waals surface area (Å²) in [5.74, 6) is 2.70. The third kappa shape index (κ3) is 7.20. The van der Waals surface area contributed by atoms with Crippen molar-refractivity contribution in [3.8, 4) is 11.5 Å². The smallest absolute Gasteiger partial charge is 0.322 e. The number of hydrogen-bond acceptors (Lipinski definition) is 3. The number of carbonyl (C=O) groups is 1. The molecule has 0 aliphatic carbocycles. The highest BCUT2D eigenvalue weighted by Crippen LogP contribution is 2.34. The van der Waals surface area contributed by atoms with Gasteiger partial charge in [0.15, 0.2) is 0 Å². The minimum absolute atomic E-state index is 0.120. The lowest BCUT2D eigenvalue weighted by Crippen LogP contribution is -2.44. The van der Waals surface area contributed by atoms with Crippen molar-refractivity contribution < 1.29 is 18.0 Å². The number of halogens is 3. The van der Waals surface area contributed by atoms with Crippen molar-refractivity contribution in [2.75, 3.05) is 38.5 Å². The number of hydrogen-bond donors (Lipinski definition) is 1. The number of benzene rings is 2. The molecule has 1 fully saturated rings. The first-order valence-electron chi connectivity index (χ1n) is 11.4. The number of amides is 1. The van der Waals surface area contributed by atoms with E-state index in [0.717, 1.165) is 43.4 Å². The first-order chi connectivity index (χ1) is 15.8. The van der Waals surface area contributed by atoms with E-state index in [1.807, 2.05) is 24.9 Å². The molecule has 4 nitrogen and oxygen atoms in total. The molecule has 2 aromatic rings. The van der Waals surface area contributed by atoms with E-state index in [1.165, 1.54) is 6.07 Å². The largest absolute Gasteiger partial charge is 0.416 e. The average molecular weight is 488 g/mol. The number of piperazine rings is 1. The minimum Gasteiger partial charge on any atom is -0.322 e. The highest BCUT2D eigenvalue weighted by atomic mass is 28.3. The summed E-state index contributed by atoms with van der Waals surface area (Å²) >= 11 is 0. The van der Waals surface area contributed by atoms with E-state index in [2.05, 4.69) is 41.3 Å². The van der Waals surface area contributed by atoms with E-state index in [0.29, 0.717) is 5.56 Å². The van der Waals surface area contributed by atoms with Gasteiger partial charge in [-0.3, -0.25) is 9.69 Å². The molecule has 8 heteroatoms. The van der Waals surface area contributed by atoms with Gasteiger partial charge in [-0.25, -0.2) is 0 Å². The Balaban J connectivity index is 1.81. The second kappa shape index (κ2) is 10.3. The van der Waals surface area contributed by atoms with Crippen molar-refractivity contribution in [2.24, 2.45) is 0 Å². The fraction of sp³-hybridized carbons (Fsp3) is 0.423. The Morgan fingerprint density at radius 1 is 1.06 bits per heavy atom. The van der Waals surface area contributed by atoms with E-state index < -0.39 is 25.7 Å². The van der Waals surface area contributed by atoms with Gasteiger partial charge in [-0.05, 0) is 49.4 Å². The molecule has 0 aromatic heterocycles. The molecule has 1 heterocycles. The number of carbonyl (C=O) groups excluding carboxylic acids is 1. The Morgan fingerprint density at radius 3 is 2.35 bits per heavy atom. The lowest BCUT2D eigenvalue weighted by Gasteiger charge is -2.33. The molecular weight excluding hydrogens is 455 g/mol. The highest BCUT2D eigenvalue weighted by Gasteiger charge is 2.34. The third-order valence-corrected chi connectivity index (χ3v) is 6.61. The first kappa shape index (κ1) is 26.0. The van der Waals surface area contributed by atoms with Gasteiger partial charge in [-0.2, -0.15) is 13.2 Å². The van der Waals surface area contributed by atoms with Crippen LogP contribution in [0.3, 0.4) is 0 Å². The van der Waals surface area contributed by atoms with Crippen LogP contribution in [0.2, 0.25) is 19.6 Å². The van der Waals surface area contributed by atoms with Crippen molar-refractivity contribution in [3.63, 3.8) is 0 Å². The molecule has 34 heavy (non-hydrogen) atoms. The van der Waals surface area contributed by atoms with Crippen molar-refractivity contribution in [1.29, 1.82) is 0 Å². The standard InChI is InChI=1S/C26H32F3N3OSi/c1-19-6-7-21(16-20(19)10-15-34(3,4)5)25(33)30-23-9-8-22(24(17-23)26(27,28)29)18-32-13-11-31(2)12-14-32/h6-9,16-17H,11-14,18H2,1-5H3,(H,30,33). The normalized spacial score (nSPS) is 15.5. The maximum Gasteiger partial charge on any atom is 0.416 e. The maximum absolute atomic E-state index is 13.8. The molecule has 1 aliphatic heterocycles. The molecule has 0 spiro atoms. The summed E-state index contributed by atoms with van der Waals surface area (Å²) in [4.78, 5) is 17.0. The zero-order valence-corrected chi connectivity index (χ0v) is 21.4. The van der Waals surface area contributed by atoms with E-state index >= 15 is 0 Å². The quantitative estimate of drug-likeness (QED) is 0.473. The number of nitrogens with zero attached hydrogens (tertiary/aromatic N) is 2. The number of rotatable bonds is 4. The SMILES string of the molecule is Cc1ccc(C(=O)Nc2ccc(CN3CCN(C)CC3)c(C(F)(F)F)c2)cc1C#C[Si](C)(C)C. The molecule has 1 saturated heterocycles. The molecule has 182 valence electrons. The summed E-state index contributed by atoms with van der Waals surface area (Å²) in [7, 11) is 0.414. The molecule has 2 aromatic carbocycles. The molecular formula is C26H32F3N3OSi. The van der Waals surface area contributed by atoms with E-state index in [9.17, 15) is 18.0 Å². The van der Waals surface area contributed by atoms with Gasteiger partial charge in [0.1, 0.15) is 8.07 Å². The summed E-state index contributed by atoms with van der Waals surface area (Å²) in [6.45, 7) is 11.7. The zero-order valence-electron chi connectivity index (χ0n) is 20.4. The predicted molar refractivity (Wildman–Crippen MR) is 134 cm³/mol. The van der Waals surface area contributed by atoms with Gasteiger partial charge in [0.05, 0.1) is 5.56 Å².